The first kappa shape index (κ1) is 17.2. The summed E-state index contributed by atoms with van der Waals surface area (Å²) in [5.74, 6) is -0.241. The SMILES string of the molecule is O=C(Nc1ccc(C(F)(F)F)cc1)c1cccc2ccc(CCl)nc12. The molecule has 1 amide bonds. The number of alkyl halides is 4. The molecule has 0 aliphatic carbocycles. The molecular formula is C18H12ClF3N2O. The number of carbonyl (C=O) groups excluding carboxylic acids is 1. The molecule has 0 saturated carbocycles. The van der Waals surface area contributed by atoms with Gasteiger partial charge in [0.05, 0.1) is 28.2 Å². The summed E-state index contributed by atoms with van der Waals surface area (Å²) < 4.78 is 37.8. The third-order valence-corrected chi connectivity index (χ3v) is 3.90. The first-order valence-corrected chi connectivity index (χ1v) is 7.85. The van der Waals surface area contributed by atoms with Crippen molar-refractivity contribution >= 4 is 34.1 Å². The third-order valence-electron chi connectivity index (χ3n) is 3.63. The third kappa shape index (κ3) is 3.74. The number of rotatable bonds is 3. The van der Waals surface area contributed by atoms with Crippen LogP contribution < -0.4 is 5.32 Å². The van der Waals surface area contributed by atoms with Crippen molar-refractivity contribution in [1.82, 2.24) is 4.98 Å². The van der Waals surface area contributed by atoms with Crippen molar-refractivity contribution in [2.75, 3.05) is 5.32 Å². The summed E-state index contributed by atoms with van der Waals surface area (Å²) in [4.78, 5) is 16.9. The molecule has 3 nitrogen and oxygen atoms in total. The lowest BCUT2D eigenvalue weighted by atomic mass is 10.1. The summed E-state index contributed by atoms with van der Waals surface area (Å²) in [7, 11) is 0. The summed E-state index contributed by atoms with van der Waals surface area (Å²) in [5, 5.41) is 3.36. The first-order valence-electron chi connectivity index (χ1n) is 7.32. The fourth-order valence-electron chi connectivity index (χ4n) is 2.39. The molecule has 0 saturated heterocycles. The molecule has 1 aromatic heterocycles. The van der Waals surface area contributed by atoms with Gasteiger partial charge in [-0.2, -0.15) is 13.2 Å². The highest BCUT2D eigenvalue weighted by Crippen LogP contribution is 2.30. The summed E-state index contributed by atoms with van der Waals surface area (Å²) in [6.45, 7) is 0. The van der Waals surface area contributed by atoms with E-state index in [1.165, 1.54) is 12.1 Å². The van der Waals surface area contributed by atoms with Crippen LogP contribution in [0.5, 0.6) is 0 Å². The molecule has 0 spiro atoms. The second-order valence-electron chi connectivity index (χ2n) is 5.34. The Hall–Kier alpha value is -2.60. The van der Waals surface area contributed by atoms with Gasteiger partial charge in [0.1, 0.15) is 0 Å². The van der Waals surface area contributed by atoms with Crippen LogP contribution in [0.2, 0.25) is 0 Å². The molecule has 25 heavy (non-hydrogen) atoms. The average Bonchev–Trinajstić information content (AvgIpc) is 2.60. The maximum Gasteiger partial charge on any atom is 0.416 e. The molecule has 2 aromatic carbocycles. The van der Waals surface area contributed by atoms with Crippen LogP contribution in [0.3, 0.4) is 0 Å². The van der Waals surface area contributed by atoms with Crippen LogP contribution in [0.15, 0.2) is 54.6 Å². The van der Waals surface area contributed by atoms with E-state index in [0.717, 1.165) is 17.5 Å². The number of anilines is 1. The quantitative estimate of drug-likeness (QED) is 0.645. The summed E-state index contributed by atoms with van der Waals surface area (Å²) in [6.07, 6.45) is -4.42. The minimum absolute atomic E-state index is 0.213. The topological polar surface area (TPSA) is 42.0 Å². The van der Waals surface area contributed by atoms with Crippen molar-refractivity contribution < 1.29 is 18.0 Å². The molecule has 7 heteroatoms. The van der Waals surface area contributed by atoms with Crippen LogP contribution in [-0.4, -0.2) is 10.9 Å². The lowest BCUT2D eigenvalue weighted by Gasteiger charge is -2.10. The van der Waals surface area contributed by atoms with Gasteiger partial charge >= 0.3 is 6.18 Å². The fraction of sp³-hybridized carbons (Fsp3) is 0.111. The predicted octanol–water partition coefficient (Wildman–Crippen LogP) is 5.24. The standard InChI is InChI=1S/C18H12ClF3N2O/c19-10-14-7-4-11-2-1-3-15(16(11)23-14)17(25)24-13-8-5-12(6-9-13)18(20,21)22/h1-9H,10H2,(H,24,25). The van der Waals surface area contributed by atoms with Crippen molar-refractivity contribution in [3.8, 4) is 0 Å². The second-order valence-corrected chi connectivity index (χ2v) is 5.61. The van der Waals surface area contributed by atoms with E-state index in [4.69, 9.17) is 11.6 Å². The van der Waals surface area contributed by atoms with Gasteiger partial charge in [0, 0.05) is 11.1 Å². The zero-order valence-corrected chi connectivity index (χ0v) is 13.5. The highest BCUT2D eigenvalue weighted by atomic mass is 35.5. The number of benzene rings is 2. The first-order chi connectivity index (χ1) is 11.9. The van der Waals surface area contributed by atoms with Crippen molar-refractivity contribution in [2.24, 2.45) is 0 Å². The van der Waals surface area contributed by atoms with E-state index in [-0.39, 0.29) is 11.6 Å². The van der Waals surface area contributed by atoms with Gasteiger partial charge < -0.3 is 5.32 Å². The number of amides is 1. The van der Waals surface area contributed by atoms with Crippen molar-refractivity contribution in [2.45, 2.75) is 12.1 Å². The van der Waals surface area contributed by atoms with Crippen LogP contribution in [0.4, 0.5) is 18.9 Å². The minimum Gasteiger partial charge on any atom is -0.322 e. The Labute approximate surface area is 146 Å². The molecule has 0 unspecified atom stereocenters. The molecule has 0 aliphatic rings. The lowest BCUT2D eigenvalue weighted by molar-refractivity contribution is -0.137. The summed E-state index contributed by atoms with van der Waals surface area (Å²) in [5.41, 5.74) is 0.936. The number of nitrogens with one attached hydrogen (secondary N) is 1. The molecule has 3 rings (SSSR count). The number of aromatic nitrogens is 1. The van der Waals surface area contributed by atoms with Crippen LogP contribution in [0, 0.1) is 0 Å². The molecular weight excluding hydrogens is 353 g/mol. The van der Waals surface area contributed by atoms with Crippen LogP contribution in [0.1, 0.15) is 21.6 Å². The average molecular weight is 365 g/mol. The number of pyridine rings is 1. The Morgan fingerprint density at radius 1 is 1.04 bits per heavy atom. The van der Waals surface area contributed by atoms with Gasteiger partial charge in [-0.05, 0) is 36.4 Å². The molecule has 1 N–H and O–H groups in total. The van der Waals surface area contributed by atoms with Crippen molar-refractivity contribution in [1.29, 1.82) is 0 Å². The Kier molecular flexibility index (Phi) is 4.63. The van der Waals surface area contributed by atoms with E-state index in [2.05, 4.69) is 10.3 Å². The second kappa shape index (κ2) is 6.72. The Balaban J connectivity index is 1.90. The van der Waals surface area contributed by atoms with Gasteiger partial charge in [-0.1, -0.05) is 18.2 Å². The Morgan fingerprint density at radius 3 is 2.40 bits per heavy atom. The van der Waals surface area contributed by atoms with Gasteiger partial charge in [-0.15, -0.1) is 11.6 Å². The number of para-hydroxylation sites is 1. The Bertz CT molecular complexity index is 924. The van der Waals surface area contributed by atoms with Crippen LogP contribution in [-0.2, 0) is 12.1 Å². The largest absolute Gasteiger partial charge is 0.416 e. The molecule has 0 fully saturated rings. The van der Waals surface area contributed by atoms with E-state index in [9.17, 15) is 18.0 Å². The molecule has 128 valence electrons. The molecule has 3 aromatic rings. The number of hydrogen-bond donors (Lipinski definition) is 1. The van der Waals surface area contributed by atoms with Gasteiger partial charge in [0.25, 0.3) is 5.91 Å². The lowest BCUT2D eigenvalue weighted by Crippen LogP contribution is -2.13. The number of nitrogens with zero attached hydrogens (tertiary/aromatic N) is 1. The summed E-state index contributed by atoms with van der Waals surface area (Å²) >= 11 is 5.79. The van der Waals surface area contributed by atoms with E-state index in [1.54, 1.807) is 18.2 Å². The van der Waals surface area contributed by atoms with Gasteiger partial charge in [-0.3, -0.25) is 9.78 Å². The van der Waals surface area contributed by atoms with Crippen LogP contribution >= 0.6 is 11.6 Å². The maximum absolute atomic E-state index is 12.6. The van der Waals surface area contributed by atoms with E-state index < -0.39 is 17.6 Å². The Morgan fingerprint density at radius 2 is 1.76 bits per heavy atom. The number of fused-ring (bicyclic) bond motifs is 1. The van der Waals surface area contributed by atoms with Crippen molar-refractivity contribution in [3.63, 3.8) is 0 Å². The van der Waals surface area contributed by atoms with Gasteiger partial charge in [0.15, 0.2) is 0 Å². The summed E-state index contributed by atoms with van der Waals surface area (Å²) in [6, 6.07) is 13.0. The monoisotopic (exact) mass is 364 g/mol. The van der Waals surface area contributed by atoms with Gasteiger partial charge in [-0.25, -0.2) is 0 Å². The smallest absolute Gasteiger partial charge is 0.322 e. The van der Waals surface area contributed by atoms with E-state index in [0.29, 0.717) is 16.8 Å². The molecule has 0 bridgehead atoms. The molecule has 0 atom stereocenters. The number of halogens is 4. The highest BCUT2D eigenvalue weighted by molar-refractivity contribution is 6.17. The zero-order valence-electron chi connectivity index (χ0n) is 12.8. The normalized spacial score (nSPS) is 11.5. The zero-order chi connectivity index (χ0) is 18.0. The highest BCUT2D eigenvalue weighted by Gasteiger charge is 2.30. The van der Waals surface area contributed by atoms with E-state index in [1.807, 2.05) is 12.1 Å². The maximum atomic E-state index is 12.6. The minimum atomic E-state index is -4.42. The van der Waals surface area contributed by atoms with Gasteiger partial charge in [0.2, 0.25) is 0 Å². The molecule has 1 heterocycles. The van der Waals surface area contributed by atoms with Crippen molar-refractivity contribution in [3.05, 3.63) is 71.4 Å². The molecule has 0 aliphatic heterocycles. The fourth-order valence-corrected chi connectivity index (χ4v) is 2.53. The van der Waals surface area contributed by atoms with E-state index >= 15 is 0 Å². The number of hydrogen-bond acceptors (Lipinski definition) is 2. The number of carbonyl (C=O) groups is 1. The molecule has 0 radical (unpaired) electrons. The predicted molar refractivity (Wildman–Crippen MR) is 90.7 cm³/mol. The van der Waals surface area contributed by atoms with Crippen LogP contribution in [0.25, 0.3) is 10.9 Å².